The molecule has 0 spiro atoms. The van der Waals surface area contributed by atoms with Crippen LogP contribution in [-0.2, 0) is 20.8 Å². The highest BCUT2D eigenvalue weighted by atomic mass is 32.1. The van der Waals surface area contributed by atoms with E-state index in [0.717, 1.165) is 21.0 Å². The molecule has 0 unspecified atom stereocenters. The highest BCUT2D eigenvalue weighted by Gasteiger charge is 2.16. The number of amides is 1. The third-order valence-electron chi connectivity index (χ3n) is 3.94. The molecule has 6 heteroatoms. The summed E-state index contributed by atoms with van der Waals surface area (Å²) in [6.45, 7) is 5.19. The van der Waals surface area contributed by atoms with Crippen molar-refractivity contribution in [3.63, 3.8) is 0 Å². The summed E-state index contributed by atoms with van der Waals surface area (Å²) in [5.41, 5.74) is 1.03. The normalized spacial score (nSPS) is 14.9. The predicted octanol–water partition coefficient (Wildman–Crippen LogP) is 3.36. The van der Waals surface area contributed by atoms with Gasteiger partial charge in [0.2, 0.25) is 5.76 Å². The Hall–Kier alpha value is -2.86. The van der Waals surface area contributed by atoms with Crippen molar-refractivity contribution in [2.45, 2.75) is 6.54 Å². The van der Waals surface area contributed by atoms with Gasteiger partial charge in [-0.1, -0.05) is 47.7 Å². The summed E-state index contributed by atoms with van der Waals surface area (Å²) < 4.78 is 13.6. The van der Waals surface area contributed by atoms with Crippen LogP contribution in [0.5, 0.6) is 0 Å². The molecule has 0 fully saturated rings. The van der Waals surface area contributed by atoms with Crippen LogP contribution in [-0.4, -0.2) is 23.7 Å². The first-order valence-electron chi connectivity index (χ1n) is 7.93. The second-order valence-corrected chi connectivity index (χ2v) is 6.51. The molecule has 5 nitrogen and oxygen atoms in total. The molecule has 0 saturated heterocycles. The number of nitrogens with zero attached hydrogens (tertiary/aromatic N) is 2. The van der Waals surface area contributed by atoms with Crippen LogP contribution in [0.25, 0.3) is 21.0 Å². The quantitative estimate of drug-likeness (QED) is 0.679. The van der Waals surface area contributed by atoms with Crippen molar-refractivity contribution < 1.29 is 14.3 Å². The van der Waals surface area contributed by atoms with Crippen molar-refractivity contribution >= 4 is 38.2 Å². The maximum Gasteiger partial charge on any atom is 0.317 e. The van der Waals surface area contributed by atoms with E-state index in [1.807, 2.05) is 16.7 Å². The maximum atomic E-state index is 12.4. The summed E-state index contributed by atoms with van der Waals surface area (Å²) in [4.78, 5) is 17.3. The molecule has 0 atom stereocenters. The zero-order chi connectivity index (χ0) is 17.2. The number of benzene rings is 2. The Labute approximate surface area is 148 Å². The van der Waals surface area contributed by atoms with Gasteiger partial charge >= 0.3 is 5.91 Å². The number of hydrogen-bond donors (Lipinski definition) is 0. The van der Waals surface area contributed by atoms with E-state index in [1.54, 1.807) is 6.08 Å². The SMILES string of the molecule is C=CCn1c(=NC(=O)C2=COCCO2)sc2c3ccccc3ccc21. The molecule has 2 aromatic carbocycles. The second-order valence-electron chi connectivity index (χ2n) is 5.54. The molecule has 0 N–H and O–H groups in total. The molecule has 0 radical (unpaired) electrons. The molecule has 126 valence electrons. The number of carbonyl (C=O) groups is 1. The standard InChI is InChI=1S/C19H16N2O3S/c1-2-9-21-15-8-7-13-5-3-4-6-14(13)17(15)25-19(21)20-18(22)16-12-23-10-11-24-16/h2-8,12H,1,9-11H2. The van der Waals surface area contributed by atoms with Gasteiger partial charge in [0.1, 0.15) is 19.5 Å². The fourth-order valence-corrected chi connectivity index (χ4v) is 3.98. The summed E-state index contributed by atoms with van der Waals surface area (Å²) in [6, 6.07) is 12.3. The summed E-state index contributed by atoms with van der Waals surface area (Å²) in [7, 11) is 0. The zero-order valence-electron chi connectivity index (χ0n) is 13.5. The van der Waals surface area contributed by atoms with Crippen LogP contribution < -0.4 is 4.80 Å². The average molecular weight is 352 g/mol. The number of hydrogen-bond acceptors (Lipinski definition) is 4. The number of rotatable bonds is 3. The highest BCUT2D eigenvalue weighted by molar-refractivity contribution is 7.17. The smallest absolute Gasteiger partial charge is 0.317 e. The van der Waals surface area contributed by atoms with Gasteiger partial charge in [0, 0.05) is 11.9 Å². The average Bonchev–Trinajstić information content (AvgIpc) is 3.00. The van der Waals surface area contributed by atoms with Crippen LogP contribution in [0.4, 0.5) is 0 Å². The lowest BCUT2D eigenvalue weighted by molar-refractivity contribution is -0.119. The van der Waals surface area contributed by atoms with Crippen molar-refractivity contribution in [2.75, 3.05) is 13.2 Å². The largest absolute Gasteiger partial charge is 0.494 e. The van der Waals surface area contributed by atoms with Gasteiger partial charge in [-0.25, -0.2) is 0 Å². The van der Waals surface area contributed by atoms with Gasteiger partial charge in [0.15, 0.2) is 4.80 Å². The predicted molar refractivity (Wildman–Crippen MR) is 98.1 cm³/mol. The lowest BCUT2D eigenvalue weighted by Gasteiger charge is -2.12. The van der Waals surface area contributed by atoms with Crippen molar-refractivity contribution in [3.8, 4) is 0 Å². The Bertz CT molecular complexity index is 1080. The van der Waals surface area contributed by atoms with Crippen LogP contribution in [0.3, 0.4) is 0 Å². The van der Waals surface area contributed by atoms with Gasteiger partial charge in [-0.15, -0.1) is 6.58 Å². The molecular weight excluding hydrogens is 336 g/mol. The monoisotopic (exact) mass is 352 g/mol. The highest BCUT2D eigenvalue weighted by Crippen LogP contribution is 2.27. The zero-order valence-corrected chi connectivity index (χ0v) is 14.3. The van der Waals surface area contributed by atoms with Crippen LogP contribution in [0, 0.1) is 0 Å². The van der Waals surface area contributed by atoms with E-state index in [1.165, 1.54) is 17.6 Å². The number of aromatic nitrogens is 1. The summed E-state index contributed by atoms with van der Waals surface area (Å²) in [6.07, 6.45) is 3.13. The second kappa shape index (κ2) is 6.57. The maximum absolute atomic E-state index is 12.4. The Morgan fingerprint density at radius 2 is 2.16 bits per heavy atom. The number of fused-ring (bicyclic) bond motifs is 3. The van der Waals surface area contributed by atoms with Crippen LogP contribution in [0.2, 0.25) is 0 Å². The van der Waals surface area contributed by atoms with Gasteiger partial charge in [-0.2, -0.15) is 4.99 Å². The first kappa shape index (κ1) is 15.7. The number of allylic oxidation sites excluding steroid dienone is 1. The minimum atomic E-state index is -0.437. The Balaban J connectivity index is 1.93. The van der Waals surface area contributed by atoms with E-state index in [-0.39, 0.29) is 5.76 Å². The number of thiazole rings is 1. The first-order valence-corrected chi connectivity index (χ1v) is 8.75. The molecule has 1 amide bonds. The fraction of sp³-hybridized carbons (Fsp3) is 0.158. The van der Waals surface area contributed by atoms with Crippen LogP contribution in [0.1, 0.15) is 0 Å². The van der Waals surface area contributed by atoms with Gasteiger partial charge < -0.3 is 14.0 Å². The molecular formula is C19H16N2O3S. The van der Waals surface area contributed by atoms with Gasteiger partial charge in [0.25, 0.3) is 0 Å². The topological polar surface area (TPSA) is 52.8 Å². The van der Waals surface area contributed by atoms with Gasteiger partial charge in [-0.3, -0.25) is 4.79 Å². The van der Waals surface area contributed by atoms with E-state index >= 15 is 0 Å². The molecule has 0 aliphatic carbocycles. The van der Waals surface area contributed by atoms with Crippen molar-refractivity contribution in [1.82, 2.24) is 4.57 Å². The summed E-state index contributed by atoms with van der Waals surface area (Å²) in [5, 5.41) is 2.31. The molecule has 1 aromatic heterocycles. The van der Waals surface area contributed by atoms with E-state index < -0.39 is 5.91 Å². The number of ether oxygens (including phenoxy) is 2. The van der Waals surface area contributed by atoms with E-state index in [0.29, 0.717) is 24.6 Å². The molecule has 25 heavy (non-hydrogen) atoms. The lowest BCUT2D eigenvalue weighted by Crippen LogP contribution is -2.19. The lowest BCUT2D eigenvalue weighted by atomic mass is 10.1. The third-order valence-corrected chi connectivity index (χ3v) is 5.07. The van der Waals surface area contributed by atoms with Gasteiger partial charge in [-0.05, 0) is 11.5 Å². The number of carbonyl (C=O) groups excluding carboxylic acids is 1. The minimum absolute atomic E-state index is 0.138. The van der Waals surface area contributed by atoms with Crippen LogP contribution in [0.15, 0.2) is 66.1 Å². The third kappa shape index (κ3) is 2.85. The fourth-order valence-electron chi connectivity index (χ4n) is 2.81. The van der Waals surface area contributed by atoms with Crippen molar-refractivity contribution in [2.24, 2.45) is 4.99 Å². The van der Waals surface area contributed by atoms with Gasteiger partial charge in [0.05, 0.1) is 10.2 Å². The molecule has 3 aromatic rings. The van der Waals surface area contributed by atoms with E-state index in [9.17, 15) is 4.79 Å². The van der Waals surface area contributed by atoms with E-state index in [4.69, 9.17) is 9.47 Å². The van der Waals surface area contributed by atoms with Crippen molar-refractivity contribution in [3.05, 3.63) is 65.9 Å². The molecule has 1 aliphatic rings. The van der Waals surface area contributed by atoms with E-state index in [2.05, 4.69) is 35.8 Å². The Morgan fingerprint density at radius 1 is 1.28 bits per heavy atom. The molecule has 0 bridgehead atoms. The summed E-state index contributed by atoms with van der Waals surface area (Å²) >= 11 is 1.49. The first-order chi connectivity index (χ1) is 12.3. The molecule has 0 saturated carbocycles. The Kier molecular flexibility index (Phi) is 4.11. The molecule has 1 aliphatic heterocycles. The molecule has 4 rings (SSSR count). The van der Waals surface area contributed by atoms with Crippen molar-refractivity contribution in [1.29, 1.82) is 0 Å². The minimum Gasteiger partial charge on any atom is -0.494 e. The van der Waals surface area contributed by atoms with Crippen LogP contribution >= 0.6 is 11.3 Å². The molecule has 2 heterocycles. The summed E-state index contributed by atoms with van der Waals surface area (Å²) in [5.74, 6) is -0.299. The Morgan fingerprint density at radius 3 is 2.96 bits per heavy atom.